The summed E-state index contributed by atoms with van der Waals surface area (Å²) in [6.07, 6.45) is 2.62. The van der Waals surface area contributed by atoms with Crippen LogP contribution in [-0.2, 0) is 17.6 Å². The number of hydrogen-bond acceptors (Lipinski definition) is 5. The van der Waals surface area contributed by atoms with E-state index in [-0.39, 0.29) is 12.3 Å². The minimum absolute atomic E-state index is 0.00350. The average Bonchev–Trinajstić information content (AvgIpc) is 2.96. The first kappa shape index (κ1) is 29.3. The molecule has 0 saturated carbocycles. The van der Waals surface area contributed by atoms with Crippen LogP contribution in [0.1, 0.15) is 52.1 Å². The largest absolute Gasteiger partial charge is 0.481 e. The van der Waals surface area contributed by atoms with Crippen molar-refractivity contribution < 1.29 is 37.3 Å². The molecule has 7 nitrogen and oxygen atoms in total. The molecule has 1 N–H and O–H groups in total. The van der Waals surface area contributed by atoms with E-state index in [0.29, 0.717) is 54.9 Å². The highest BCUT2D eigenvalue weighted by molar-refractivity contribution is 6.30. The molecular formula is C32H33ClIN4O3+. The van der Waals surface area contributed by atoms with Crippen LogP contribution in [0.15, 0.2) is 60.7 Å². The number of halogens is 2. The number of aryl methyl sites for hydroxylation is 2. The van der Waals surface area contributed by atoms with E-state index in [0.717, 1.165) is 35.6 Å². The highest BCUT2D eigenvalue weighted by Gasteiger charge is 2.26. The maximum Gasteiger partial charge on any atom is 0.303 e. The molecule has 0 aliphatic carbocycles. The molecule has 0 unspecified atom stereocenters. The Hall–Kier alpha value is -3.24. The van der Waals surface area contributed by atoms with Gasteiger partial charge in [0, 0.05) is 49.6 Å². The topological polar surface area (TPSA) is 86.6 Å². The van der Waals surface area contributed by atoms with Crippen LogP contribution in [0.3, 0.4) is 0 Å². The number of aromatic nitrogens is 2. The van der Waals surface area contributed by atoms with Gasteiger partial charge in [-0.15, -0.1) is 0 Å². The molecule has 4 aromatic rings. The summed E-state index contributed by atoms with van der Waals surface area (Å²) in [7, 11) is 0. The van der Waals surface area contributed by atoms with Gasteiger partial charge in [0.1, 0.15) is 0 Å². The smallest absolute Gasteiger partial charge is 0.303 e. The molecule has 1 amide bonds. The summed E-state index contributed by atoms with van der Waals surface area (Å²) in [6.45, 7) is 5.04. The van der Waals surface area contributed by atoms with Crippen LogP contribution in [0.5, 0.6) is 0 Å². The maximum atomic E-state index is 13.5. The lowest BCUT2D eigenvalue weighted by Gasteiger charge is -2.36. The quantitative estimate of drug-likeness (QED) is 0.216. The number of para-hydroxylation sites is 1. The van der Waals surface area contributed by atoms with E-state index in [9.17, 15) is 9.59 Å². The Balaban J connectivity index is 1.35. The number of hydrogen-bond donors (Lipinski definition) is 1. The Morgan fingerprint density at radius 2 is 1.66 bits per heavy atom. The van der Waals surface area contributed by atoms with Crippen LogP contribution in [-0.4, -0.2) is 58.0 Å². The number of unbranched alkanes of at least 4 members (excludes halogenated alkanes) is 1. The summed E-state index contributed by atoms with van der Waals surface area (Å²) in [5.74, 6) is -0.794. The van der Waals surface area contributed by atoms with Crippen LogP contribution in [0.2, 0.25) is 5.02 Å². The molecule has 3 aromatic carbocycles. The summed E-state index contributed by atoms with van der Waals surface area (Å²) in [4.78, 5) is 38.7. The third-order valence-electron chi connectivity index (χ3n) is 7.49. The second-order valence-electron chi connectivity index (χ2n) is 10.4. The van der Waals surface area contributed by atoms with Gasteiger partial charge in [-0.2, -0.15) is 0 Å². The lowest BCUT2D eigenvalue weighted by Crippen LogP contribution is -3.34. The van der Waals surface area contributed by atoms with Crippen LogP contribution in [0, 0.1) is 10.5 Å². The van der Waals surface area contributed by atoms with E-state index < -0.39 is 5.97 Å². The van der Waals surface area contributed by atoms with Crippen molar-refractivity contribution in [3.8, 4) is 0 Å². The lowest BCUT2D eigenvalue weighted by atomic mass is 10.0. The maximum absolute atomic E-state index is 13.5. The molecule has 0 bridgehead atoms. The Labute approximate surface area is 258 Å². The molecule has 1 aromatic heterocycles. The second kappa shape index (κ2) is 13.2. The minimum Gasteiger partial charge on any atom is -0.481 e. The van der Waals surface area contributed by atoms with Gasteiger partial charge in [-0.1, -0.05) is 35.9 Å². The average molecular weight is 684 g/mol. The van der Waals surface area contributed by atoms with Crippen LogP contribution >= 0.6 is 11.6 Å². The summed E-state index contributed by atoms with van der Waals surface area (Å²) in [5.41, 5.74) is 7.32. The van der Waals surface area contributed by atoms with Gasteiger partial charge < -0.3 is 14.9 Å². The molecule has 0 spiro atoms. The van der Waals surface area contributed by atoms with Gasteiger partial charge in [0.05, 0.1) is 28.1 Å². The van der Waals surface area contributed by atoms with E-state index in [1.54, 1.807) is 0 Å². The van der Waals surface area contributed by atoms with Crippen molar-refractivity contribution in [2.45, 2.75) is 39.0 Å². The fourth-order valence-corrected chi connectivity index (χ4v) is 6.50. The molecule has 2 heterocycles. The van der Waals surface area contributed by atoms with Crippen molar-refractivity contribution in [2.24, 2.45) is 0 Å². The Morgan fingerprint density at radius 3 is 2.37 bits per heavy atom. The number of rotatable bonds is 9. The zero-order valence-corrected chi connectivity index (χ0v) is 26.1. The third-order valence-corrected chi connectivity index (χ3v) is 8.68. The Morgan fingerprint density at radius 1 is 0.927 bits per heavy atom. The van der Waals surface area contributed by atoms with Crippen LogP contribution in [0.25, 0.3) is 11.0 Å². The number of amides is 1. The highest BCUT2D eigenvalue weighted by atomic mass is 127. The van der Waals surface area contributed by atoms with E-state index in [4.69, 9.17) is 26.7 Å². The van der Waals surface area contributed by atoms with Crippen LogP contribution in [0.4, 0.5) is 5.69 Å². The highest BCUT2D eigenvalue weighted by Crippen LogP contribution is 2.24. The molecule has 9 heteroatoms. The lowest BCUT2D eigenvalue weighted by molar-refractivity contribution is -0.326. The fraction of sp³-hybridized carbons (Fsp3) is 0.312. The van der Waals surface area contributed by atoms with Crippen molar-refractivity contribution in [3.05, 3.63) is 97.3 Å². The molecular weight excluding hydrogens is 651 g/mol. The number of nitrogens with zero attached hydrogens (tertiary/aromatic N) is 4. The number of carbonyl (C=O) groups is 2. The Kier molecular flexibility index (Phi) is 9.39. The first-order valence-corrected chi connectivity index (χ1v) is 15.4. The van der Waals surface area contributed by atoms with Gasteiger partial charge in [-0.25, -0.2) is 9.97 Å². The SMILES string of the molecule is Cc1cccc([IH+])c1N1CCN(C(=O)c2ccc3nc(Cc4ccc(Cl)cc4)c(CCCCC(=O)O)nc3c2)CC1. The predicted octanol–water partition coefficient (Wildman–Crippen LogP) is 2.40. The first-order valence-electron chi connectivity index (χ1n) is 13.8. The molecule has 1 aliphatic heterocycles. The van der Waals surface area contributed by atoms with Gasteiger partial charge in [0.25, 0.3) is 28.5 Å². The first-order chi connectivity index (χ1) is 19.8. The fourth-order valence-electron chi connectivity index (χ4n) is 5.32. The van der Waals surface area contributed by atoms with Gasteiger partial charge in [0.15, 0.2) is 0 Å². The van der Waals surface area contributed by atoms with Crippen molar-refractivity contribution in [1.82, 2.24) is 14.9 Å². The van der Waals surface area contributed by atoms with Crippen molar-refractivity contribution >= 4 is 40.2 Å². The molecule has 0 atom stereocenters. The van der Waals surface area contributed by atoms with Crippen molar-refractivity contribution in [1.29, 1.82) is 0 Å². The molecule has 41 heavy (non-hydrogen) atoms. The standard InChI is InChI=1S/C32H32ClIN4O3/c1-21-5-4-6-25(34)31(21)37-15-17-38(18-16-37)32(41)23-11-14-27-29(20-23)35-26(7-2-3-8-30(39)40)28(36-27)19-22-9-12-24(33)13-10-22/h4-6,9-14,20,34H,2-3,7-8,15-19H2,1H3/p+1. The number of carbonyl (C=O) groups excluding carboxylic acids is 1. The zero-order valence-electron chi connectivity index (χ0n) is 23.0. The number of aliphatic carboxylic acids is 1. The molecule has 1 aliphatic rings. The molecule has 1 fully saturated rings. The minimum atomic E-state index is -0.797. The van der Waals surface area contributed by atoms with Gasteiger partial charge in [-0.3, -0.25) is 9.59 Å². The van der Waals surface area contributed by atoms with Gasteiger partial charge in [-0.05, 0) is 73.7 Å². The second-order valence-corrected chi connectivity index (χ2v) is 12.1. The van der Waals surface area contributed by atoms with Crippen LogP contribution < -0.4 is 27.5 Å². The van der Waals surface area contributed by atoms with E-state index >= 15 is 0 Å². The summed E-state index contributed by atoms with van der Waals surface area (Å²) in [5, 5.41) is 9.71. The molecule has 1 saturated heterocycles. The van der Waals surface area contributed by atoms with E-state index in [2.05, 4.69) is 52.6 Å². The van der Waals surface area contributed by atoms with Gasteiger partial charge >= 0.3 is 5.97 Å². The number of carboxylic acid groups (broad SMARTS) is 1. The van der Waals surface area contributed by atoms with Gasteiger partial charge in [0.2, 0.25) is 3.57 Å². The van der Waals surface area contributed by atoms with Crippen molar-refractivity contribution in [3.63, 3.8) is 0 Å². The predicted molar refractivity (Wildman–Crippen MR) is 158 cm³/mol. The number of anilines is 1. The monoisotopic (exact) mass is 683 g/mol. The number of carboxylic acids is 1. The normalized spacial score (nSPS) is 13.5. The summed E-state index contributed by atoms with van der Waals surface area (Å²) in [6, 6.07) is 19.6. The molecule has 0 radical (unpaired) electrons. The summed E-state index contributed by atoms with van der Waals surface area (Å²) >= 11 is 8.12. The number of benzene rings is 3. The Bertz CT molecular complexity index is 1550. The molecule has 212 valence electrons. The summed E-state index contributed by atoms with van der Waals surface area (Å²) < 4.78 is 1.27. The number of fused-ring (bicyclic) bond motifs is 1. The van der Waals surface area contributed by atoms with E-state index in [1.165, 1.54) is 14.8 Å². The van der Waals surface area contributed by atoms with Crippen molar-refractivity contribution in [2.75, 3.05) is 31.1 Å². The third kappa shape index (κ3) is 7.16. The van der Waals surface area contributed by atoms with E-state index in [1.807, 2.05) is 47.4 Å². The number of piperazine rings is 1. The molecule has 5 rings (SSSR count). The zero-order chi connectivity index (χ0) is 28.9.